The van der Waals surface area contributed by atoms with Gasteiger partial charge in [0.15, 0.2) is 0 Å². The maximum atomic E-state index is 6.25. The summed E-state index contributed by atoms with van der Waals surface area (Å²) in [7, 11) is 0. The van der Waals surface area contributed by atoms with Crippen LogP contribution in [-0.4, -0.2) is 38.5 Å². The molecule has 0 bridgehead atoms. The Kier molecular flexibility index (Phi) is 9.48. The second kappa shape index (κ2) is 10.6. The van der Waals surface area contributed by atoms with Crippen LogP contribution in [0.15, 0.2) is 0 Å². The van der Waals surface area contributed by atoms with Gasteiger partial charge in [-0.15, -0.1) is 0 Å². The molecular formula is C16H33NO2. The van der Waals surface area contributed by atoms with Crippen LogP contribution in [0.4, 0.5) is 0 Å². The Morgan fingerprint density at radius 1 is 0.947 bits per heavy atom. The average molecular weight is 271 g/mol. The fourth-order valence-electron chi connectivity index (χ4n) is 2.76. The Bertz CT molecular complexity index is 201. The van der Waals surface area contributed by atoms with E-state index in [-0.39, 0.29) is 5.60 Å². The topological polar surface area (TPSA) is 30.5 Å². The van der Waals surface area contributed by atoms with Crippen molar-refractivity contribution in [1.82, 2.24) is 5.32 Å². The normalized spacial score (nSPS) is 19.3. The summed E-state index contributed by atoms with van der Waals surface area (Å²) in [4.78, 5) is 0. The molecule has 0 aromatic heterocycles. The van der Waals surface area contributed by atoms with E-state index in [9.17, 15) is 0 Å². The zero-order valence-corrected chi connectivity index (χ0v) is 13.0. The average Bonchev–Trinajstić information content (AvgIpc) is 2.67. The fourth-order valence-corrected chi connectivity index (χ4v) is 2.76. The number of ether oxygens (including phenoxy) is 2. The van der Waals surface area contributed by atoms with Crippen LogP contribution in [0.5, 0.6) is 0 Å². The highest BCUT2D eigenvalue weighted by atomic mass is 16.5. The number of rotatable bonds is 10. The summed E-state index contributed by atoms with van der Waals surface area (Å²) < 4.78 is 11.8. The maximum absolute atomic E-state index is 6.25. The van der Waals surface area contributed by atoms with Crippen LogP contribution in [0, 0.1) is 0 Å². The van der Waals surface area contributed by atoms with E-state index < -0.39 is 0 Å². The van der Waals surface area contributed by atoms with E-state index >= 15 is 0 Å². The van der Waals surface area contributed by atoms with Crippen molar-refractivity contribution in [3.63, 3.8) is 0 Å². The largest absolute Gasteiger partial charge is 0.379 e. The highest BCUT2D eigenvalue weighted by Gasteiger charge is 2.31. The molecule has 114 valence electrons. The highest BCUT2D eigenvalue weighted by Crippen LogP contribution is 2.30. The molecule has 1 aliphatic carbocycles. The van der Waals surface area contributed by atoms with Crippen LogP contribution >= 0.6 is 0 Å². The number of likely N-dealkylation sites (N-methyl/N-ethyl adjacent to an activating group) is 1. The van der Waals surface area contributed by atoms with E-state index in [1.807, 2.05) is 0 Å². The van der Waals surface area contributed by atoms with Gasteiger partial charge >= 0.3 is 0 Å². The molecule has 0 saturated heterocycles. The zero-order valence-electron chi connectivity index (χ0n) is 13.0. The van der Waals surface area contributed by atoms with E-state index in [1.54, 1.807) is 0 Å². The highest BCUT2D eigenvalue weighted by molar-refractivity contribution is 4.85. The molecule has 1 fully saturated rings. The lowest BCUT2D eigenvalue weighted by molar-refractivity contribution is -0.0750. The molecule has 0 spiro atoms. The van der Waals surface area contributed by atoms with E-state index in [0.29, 0.717) is 0 Å². The van der Waals surface area contributed by atoms with Gasteiger partial charge in [0.2, 0.25) is 0 Å². The van der Waals surface area contributed by atoms with Gasteiger partial charge in [0.25, 0.3) is 0 Å². The molecule has 0 aromatic carbocycles. The molecule has 0 atom stereocenters. The van der Waals surface area contributed by atoms with E-state index in [2.05, 4.69) is 19.2 Å². The Hall–Kier alpha value is -0.120. The molecule has 0 aliphatic heterocycles. The van der Waals surface area contributed by atoms with Gasteiger partial charge in [-0.2, -0.15) is 0 Å². The predicted molar refractivity (Wildman–Crippen MR) is 80.7 cm³/mol. The number of hydrogen-bond donors (Lipinski definition) is 1. The molecule has 1 saturated carbocycles. The summed E-state index contributed by atoms with van der Waals surface area (Å²) in [6.45, 7) is 8.74. The molecule has 0 amide bonds. The monoisotopic (exact) mass is 271 g/mol. The summed E-state index contributed by atoms with van der Waals surface area (Å²) >= 11 is 0. The van der Waals surface area contributed by atoms with E-state index in [4.69, 9.17) is 9.47 Å². The Balaban J connectivity index is 2.27. The summed E-state index contributed by atoms with van der Waals surface area (Å²) in [5.74, 6) is 0. The Morgan fingerprint density at radius 2 is 1.68 bits per heavy atom. The van der Waals surface area contributed by atoms with Crippen molar-refractivity contribution in [2.75, 3.05) is 32.9 Å². The van der Waals surface area contributed by atoms with Gasteiger partial charge in [0.05, 0.1) is 18.8 Å². The molecular weight excluding hydrogens is 238 g/mol. The smallest absolute Gasteiger partial charge is 0.0807 e. The van der Waals surface area contributed by atoms with Gasteiger partial charge in [0, 0.05) is 13.2 Å². The zero-order chi connectivity index (χ0) is 13.8. The lowest BCUT2D eigenvalue weighted by atomic mass is 9.94. The van der Waals surface area contributed by atoms with Crippen LogP contribution in [-0.2, 0) is 9.47 Å². The molecule has 0 aromatic rings. The lowest BCUT2D eigenvalue weighted by Crippen LogP contribution is -2.43. The van der Waals surface area contributed by atoms with Crippen LogP contribution in [0.2, 0.25) is 0 Å². The fraction of sp³-hybridized carbons (Fsp3) is 1.00. The maximum Gasteiger partial charge on any atom is 0.0807 e. The number of nitrogens with one attached hydrogen (secondary N) is 1. The third-order valence-electron chi connectivity index (χ3n) is 3.99. The van der Waals surface area contributed by atoms with Gasteiger partial charge in [-0.05, 0) is 25.8 Å². The minimum Gasteiger partial charge on any atom is -0.379 e. The molecule has 3 heteroatoms. The summed E-state index contributed by atoms with van der Waals surface area (Å²) in [6, 6.07) is 0. The first-order valence-corrected chi connectivity index (χ1v) is 8.25. The third kappa shape index (κ3) is 7.28. The first kappa shape index (κ1) is 16.9. The standard InChI is InChI=1S/C16H33NO2/c1-3-5-12-18-13-14-19-16(15-17-4-2)10-8-6-7-9-11-16/h17H,3-15H2,1-2H3. The van der Waals surface area contributed by atoms with Crippen LogP contribution in [0.25, 0.3) is 0 Å². The molecule has 1 N–H and O–H groups in total. The third-order valence-corrected chi connectivity index (χ3v) is 3.99. The van der Waals surface area contributed by atoms with Crippen molar-refractivity contribution in [2.45, 2.75) is 70.8 Å². The van der Waals surface area contributed by atoms with Crippen LogP contribution in [0.1, 0.15) is 65.2 Å². The minimum absolute atomic E-state index is 0.0701. The quantitative estimate of drug-likeness (QED) is 0.487. The SMILES string of the molecule is CCCCOCCOC1(CNCC)CCCCCC1. The minimum atomic E-state index is 0.0701. The number of unbranched alkanes of at least 4 members (excludes halogenated alkanes) is 1. The van der Waals surface area contributed by atoms with Crippen LogP contribution < -0.4 is 5.32 Å². The first-order valence-electron chi connectivity index (χ1n) is 8.25. The van der Waals surface area contributed by atoms with Crippen LogP contribution in [0.3, 0.4) is 0 Å². The van der Waals surface area contributed by atoms with Gasteiger partial charge in [-0.1, -0.05) is 46.0 Å². The van der Waals surface area contributed by atoms with Gasteiger partial charge in [0.1, 0.15) is 0 Å². The van der Waals surface area contributed by atoms with Gasteiger partial charge < -0.3 is 14.8 Å². The van der Waals surface area contributed by atoms with Crippen molar-refractivity contribution >= 4 is 0 Å². The molecule has 0 unspecified atom stereocenters. The second-order valence-corrected chi connectivity index (χ2v) is 5.69. The summed E-state index contributed by atoms with van der Waals surface area (Å²) in [6.07, 6.45) is 10.1. The Labute approximate surface area is 119 Å². The van der Waals surface area contributed by atoms with Gasteiger partial charge in [-0.25, -0.2) is 0 Å². The molecule has 19 heavy (non-hydrogen) atoms. The van der Waals surface area contributed by atoms with Crippen molar-refractivity contribution < 1.29 is 9.47 Å². The predicted octanol–water partition coefficient (Wildman–Crippen LogP) is 3.52. The van der Waals surface area contributed by atoms with Crippen molar-refractivity contribution in [3.05, 3.63) is 0 Å². The first-order chi connectivity index (χ1) is 9.33. The molecule has 0 radical (unpaired) electrons. The molecule has 3 nitrogen and oxygen atoms in total. The second-order valence-electron chi connectivity index (χ2n) is 5.69. The van der Waals surface area contributed by atoms with E-state index in [0.717, 1.165) is 39.3 Å². The number of hydrogen-bond acceptors (Lipinski definition) is 3. The Morgan fingerprint density at radius 3 is 2.32 bits per heavy atom. The molecule has 1 aliphatic rings. The molecule has 1 rings (SSSR count). The van der Waals surface area contributed by atoms with Crippen molar-refractivity contribution in [1.29, 1.82) is 0 Å². The lowest BCUT2D eigenvalue weighted by Gasteiger charge is -2.33. The summed E-state index contributed by atoms with van der Waals surface area (Å²) in [5.41, 5.74) is 0.0701. The van der Waals surface area contributed by atoms with Gasteiger partial charge in [-0.3, -0.25) is 0 Å². The summed E-state index contributed by atoms with van der Waals surface area (Å²) in [5, 5.41) is 3.48. The van der Waals surface area contributed by atoms with Crippen molar-refractivity contribution in [2.24, 2.45) is 0 Å². The van der Waals surface area contributed by atoms with E-state index in [1.165, 1.54) is 44.9 Å². The van der Waals surface area contributed by atoms with Crippen molar-refractivity contribution in [3.8, 4) is 0 Å². The molecule has 0 heterocycles.